The monoisotopic (exact) mass is 272 g/mol. The fraction of sp³-hybridized carbons (Fsp3) is 0.846. The Balaban J connectivity index is 2.32. The number of rotatable bonds is 5. The van der Waals surface area contributed by atoms with Gasteiger partial charge in [0.1, 0.15) is 0 Å². The zero-order chi connectivity index (χ0) is 14.4. The summed E-state index contributed by atoms with van der Waals surface area (Å²) in [7, 11) is 1.69. The van der Waals surface area contributed by atoms with E-state index in [1.807, 2.05) is 0 Å². The lowest BCUT2D eigenvalue weighted by atomic mass is 9.92. The first-order chi connectivity index (χ1) is 8.90. The molecule has 2 amide bonds. The quantitative estimate of drug-likeness (QED) is 0.782. The highest BCUT2D eigenvalue weighted by atomic mass is 16.4. The van der Waals surface area contributed by atoms with E-state index in [0.717, 1.165) is 12.8 Å². The number of likely N-dealkylation sites (N-methyl/N-ethyl adjacent to an activating group) is 1. The summed E-state index contributed by atoms with van der Waals surface area (Å²) in [6.45, 7) is 3.33. The predicted molar refractivity (Wildman–Crippen MR) is 70.9 cm³/mol. The maximum Gasteiger partial charge on any atom is 0.319 e. The van der Waals surface area contributed by atoms with E-state index in [2.05, 4.69) is 0 Å². The molecule has 1 aliphatic heterocycles. The van der Waals surface area contributed by atoms with E-state index in [9.17, 15) is 14.7 Å². The molecule has 1 aliphatic rings. The molecule has 6 nitrogen and oxygen atoms in total. The summed E-state index contributed by atoms with van der Waals surface area (Å²) in [5.41, 5.74) is 0. The lowest BCUT2D eigenvalue weighted by molar-refractivity contribution is -0.137. The highest BCUT2D eigenvalue weighted by Gasteiger charge is 2.25. The molecule has 0 saturated carbocycles. The number of likely N-dealkylation sites (tertiary alicyclic amines) is 1. The van der Waals surface area contributed by atoms with Crippen LogP contribution in [0.2, 0.25) is 0 Å². The maximum atomic E-state index is 12.1. The van der Waals surface area contributed by atoms with Gasteiger partial charge in [-0.2, -0.15) is 0 Å². The largest absolute Gasteiger partial charge is 0.481 e. The van der Waals surface area contributed by atoms with Gasteiger partial charge in [0.05, 0.1) is 6.10 Å². The molecule has 0 spiro atoms. The number of aliphatic carboxylic acids is 1. The van der Waals surface area contributed by atoms with E-state index >= 15 is 0 Å². The Kier molecular flexibility index (Phi) is 6.08. The number of aliphatic hydroxyl groups excluding tert-OH is 1. The molecule has 0 aliphatic carbocycles. The number of piperidine rings is 1. The summed E-state index contributed by atoms with van der Waals surface area (Å²) in [6, 6.07) is -0.0578. The summed E-state index contributed by atoms with van der Waals surface area (Å²) in [5, 5.41) is 17.9. The molecule has 110 valence electrons. The van der Waals surface area contributed by atoms with Crippen molar-refractivity contribution in [2.24, 2.45) is 5.92 Å². The maximum absolute atomic E-state index is 12.1. The Morgan fingerprint density at radius 3 is 2.42 bits per heavy atom. The highest BCUT2D eigenvalue weighted by Crippen LogP contribution is 2.22. The summed E-state index contributed by atoms with van der Waals surface area (Å²) in [5.74, 6) is -0.350. The van der Waals surface area contributed by atoms with Gasteiger partial charge in [0.15, 0.2) is 0 Å². The average molecular weight is 272 g/mol. The third-order valence-electron chi connectivity index (χ3n) is 3.52. The van der Waals surface area contributed by atoms with Gasteiger partial charge in [0, 0.05) is 33.1 Å². The van der Waals surface area contributed by atoms with Gasteiger partial charge in [-0.15, -0.1) is 0 Å². The lowest BCUT2D eigenvalue weighted by Crippen LogP contribution is -2.46. The first-order valence-corrected chi connectivity index (χ1v) is 6.80. The Hall–Kier alpha value is -1.30. The van der Waals surface area contributed by atoms with Gasteiger partial charge >= 0.3 is 12.0 Å². The lowest BCUT2D eigenvalue weighted by Gasteiger charge is -2.34. The number of carboxylic acid groups (broad SMARTS) is 1. The summed E-state index contributed by atoms with van der Waals surface area (Å²) >= 11 is 0. The third-order valence-corrected chi connectivity index (χ3v) is 3.52. The number of carbonyl (C=O) groups excluding carboxylic acids is 1. The zero-order valence-electron chi connectivity index (χ0n) is 11.7. The van der Waals surface area contributed by atoms with Gasteiger partial charge in [-0.25, -0.2) is 4.79 Å². The molecule has 1 heterocycles. The molecule has 1 rings (SSSR count). The Morgan fingerprint density at radius 2 is 1.95 bits per heavy atom. The molecule has 1 fully saturated rings. The van der Waals surface area contributed by atoms with Gasteiger partial charge in [-0.1, -0.05) is 0 Å². The molecule has 1 saturated heterocycles. The molecule has 2 N–H and O–H groups in total. The molecule has 1 atom stereocenters. The molecule has 0 radical (unpaired) electrons. The predicted octanol–water partition coefficient (Wildman–Crippen LogP) is 0.996. The van der Waals surface area contributed by atoms with Crippen molar-refractivity contribution in [2.45, 2.75) is 38.7 Å². The third kappa shape index (κ3) is 5.46. The van der Waals surface area contributed by atoms with E-state index < -0.39 is 12.1 Å². The van der Waals surface area contributed by atoms with Crippen molar-refractivity contribution in [2.75, 3.05) is 26.7 Å². The van der Waals surface area contributed by atoms with E-state index in [1.54, 1.807) is 18.9 Å². The number of nitrogens with zero attached hydrogens (tertiary/aromatic N) is 2. The van der Waals surface area contributed by atoms with Crippen LogP contribution < -0.4 is 0 Å². The van der Waals surface area contributed by atoms with Crippen LogP contribution in [-0.4, -0.2) is 64.8 Å². The van der Waals surface area contributed by atoms with Gasteiger partial charge in [0.25, 0.3) is 0 Å². The number of hydrogen-bond donors (Lipinski definition) is 2. The molecule has 0 aromatic carbocycles. The Bertz CT molecular complexity index is 312. The minimum Gasteiger partial charge on any atom is -0.481 e. The van der Waals surface area contributed by atoms with Crippen LogP contribution in [0.25, 0.3) is 0 Å². The molecule has 6 heteroatoms. The van der Waals surface area contributed by atoms with Gasteiger partial charge in [-0.05, 0) is 32.1 Å². The highest BCUT2D eigenvalue weighted by molar-refractivity contribution is 5.74. The molecular weight excluding hydrogens is 248 g/mol. The van der Waals surface area contributed by atoms with Crippen LogP contribution in [0.1, 0.15) is 32.6 Å². The topological polar surface area (TPSA) is 81.1 Å². The van der Waals surface area contributed by atoms with Crippen molar-refractivity contribution in [3.63, 3.8) is 0 Å². The second kappa shape index (κ2) is 7.33. The van der Waals surface area contributed by atoms with Crippen LogP contribution in [0.3, 0.4) is 0 Å². The Labute approximate surface area is 114 Å². The van der Waals surface area contributed by atoms with E-state index in [0.29, 0.717) is 32.0 Å². The number of carbonyl (C=O) groups is 2. The van der Waals surface area contributed by atoms with E-state index in [1.165, 1.54) is 4.90 Å². The number of carboxylic acids is 1. The normalized spacial score (nSPS) is 18.2. The van der Waals surface area contributed by atoms with Crippen LogP contribution in [0.5, 0.6) is 0 Å². The van der Waals surface area contributed by atoms with Gasteiger partial charge in [-0.3, -0.25) is 4.79 Å². The molecule has 0 aromatic rings. The number of aliphatic hydroxyl groups is 1. The molecule has 1 unspecified atom stereocenters. The SMILES string of the molecule is CC(O)CN(C)C(=O)N1CCC(CCC(=O)O)CC1. The standard InChI is InChI=1S/C13H24N2O4/c1-10(16)9-14(2)13(19)15-7-5-11(6-8-15)3-4-12(17)18/h10-11,16H,3-9H2,1-2H3,(H,17,18). The van der Waals surface area contributed by atoms with Crippen molar-refractivity contribution in [3.8, 4) is 0 Å². The van der Waals surface area contributed by atoms with Crippen molar-refractivity contribution in [3.05, 3.63) is 0 Å². The fourth-order valence-electron chi connectivity index (χ4n) is 2.46. The van der Waals surface area contributed by atoms with Crippen LogP contribution in [0.4, 0.5) is 4.79 Å². The molecule has 19 heavy (non-hydrogen) atoms. The summed E-state index contributed by atoms with van der Waals surface area (Å²) < 4.78 is 0. The molecule has 0 bridgehead atoms. The molecular formula is C13H24N2O4. The minimum absolute atomic E-state index is 0.0578. The second-order valence-corrected chi connectivity index (χ2v) is 5.37. The van der Waals surface area contributed by atoms with Crippen molar-refractivity contribution in [1.29, 1.82) is 0 Å². The number of urea groups is 1. The van der Waals surface area contributed by atoms with Crippen LogP contribution in [0, 0.1) is 5.92 Å². The first-order valence-electron chi connectivity index (χ1n) is 6.80. The smallest absolute Gasteiger partial charge is 0.319 e. The van der Waals surface area contributed by atoms with Gasteiger partial charge in [0.2, 0.25) is 0 Å². The van der Waals surface area contributed by atoms with Crippen molar-refractivity contribution >= 4 is 12.0 Å². The van der Waals surface area contributed by atoms with Gasteiger partial charge < -0.3 is 20.0 Å². The van der Waals surface area contributed by atoms with Crippen LogP contribution in [0.15, 0.2) is 0 Å². The summed E-state index contributed by atoms with van der Waals surface area (Å²) in [4.78, 5) is 25.9. The summed E-state index contributed by atoms with van der Waals surface area (Å²) in [6.07, 6.45) is 2.10. The first kappa shape index (κ1) is 15.8. The zero-order valence-corrected chi connectivity index (χ0v) is 11.7. The number of amides is 2. The van der Waals surface area contributed by atoms with Crippen LogP contribution >= 0.6 is 0 Å². The van der Waals surface area contributed by atoms with Crippen molar-refractivity contribution in [1.82, 2.24) is 9.80 Å². The Morgan fingerprint density at radius 1 is 1.37 bits per heavy atom. The number of hydrogen-bond acceptors (Lipinski definition) is 3. The van der Waals surface area contributed by atoms with Crippen LogP contribution in [-0.2, 0) is 4.79 Å². The van der Waals surface area contributed by atoms with Crippen molar-refractivity contribution < 1.29 is 19.8 Å². The fourth-order valence-corrected chi connectivity index (χ4v) is 2.46. The van der Waals surface area contributed by atoms with E-state index in [4.69, 9.17) is 5.11 Å². The average Bonchev–Trinajstić information content (AvgIpc) is 2.35. The van der Waals surface area contributed by atoms with E-state index in [-0.39, 0.29) is 12.5 Å². The minimum atomic E-state index is -0.754. The second-order valence-electron chi connectivity index (χ2n) is 5.37. The molecule has 0 aromatic heterocycles.